The lowest BCUT2D eigenvalue weighted by Gasteiger charge is -2.13. The molecule has 2 rings (SSSR count). The van der Waals surface area contributed by atoms with Gasteiger partial charge in [-0.2, -0.15) is 0 Å². The summed E-state index contributed by atoms with van der Waals surface area (Å²) >= 11 is 0. The minimum Gasteiger partial charge on any atom is -0.367 e. The van der Waals surface area contributed by atoms with Gasteiger partial charge in [0.05, 0.1) is 6.20 Å². The zero-order valence-electron chi connectivity index (χ0n) is 2.43. The second kappa shape index (κ2) is 0.253. The number of hydrogen-bond acceptors (Lipinski definition) is 3. The summed E-state index contributed by atoms with van der Waals surface area (Å²) in [6.07, 6.45) is 1.86. The predicted octanol–water partition coefficient (Wildman–Crippen LogP) is -0.449. The van der Waals surface area contributed by atoms with Crippen LogP contribution in [0, 0.1) is 0 Å². The lowest BCUT2D eigenvalue weighted by atomic mass is 11.2. The van der Waals surface area contributed by atoms with Gasteiger partial charge in [0.2, 0.25) is 0 Å². The summed E-state index contributed by atoms with van der Waals surface area (Å²) in [5.74, 6) is 0.949. The molecule has 0 unspecified atom stereocenters. The minimum atomic E-state index is 0.949. The molecule has 2 heterocycles. The quantitative estimate of drug-likeness (QED) is 0.417. The minimum absolute atomic E-state index is 0.949. The summed E-state index contributed by atoms with van der Waals surface area (Å²) in [7, 11) is 0. The molecule has 0 aromatic rings. The number of hydrogen-bond donors (Lipinski definition) is 1. The topological polar surface area (TPSA) is 24.3 Å². The first-order valence-electron chi connectivity index (χ1n) is 1.40. The highest BCUT2D eigenvalue weighted by atomic mass is 16.8. The Morgan fingerprint density at radius 2 is 2.80 bits per heavy atom. The number of nitrogens with one attached hydrogen (secondary N) is 1. The monoisotopic (exact) mass is 70.0 g/mol. The highest BCUT2D eigenvalue weighted by molar-refractivity contribution is 5.12. The molecule has 26 valence electrons. The van der Waals surface area contributed by atoms with Crippen molar-refractivity contribution in [1.82, 2.24) is 10.6 Å². The van der Waals surface area contributed by atoms with E-state index in [1.807, 2.05) is 6.20 Å². The molecule has 1 fully saturated rings. The maximum atomic E-state index is 4.54. The molecule has 0 saturated carbocycles. The zero-order valence-corrected chi connectivity index (χ0v) is 2.43. The third kappa shape index (κ3) is 0.0526. The van der Waals surface area contributed by atoms with Gasteiger partial charge < -0.3 is 4.84 Å². The van der Waals surface area contributed by atoms with Crippen molar-refractivity contribution in [3.8, 4) is 0 Å². The van der Waals surface area contributed by atoms with Gasteiger partial charge in [0.15, 0.2) is 0 Å². The summed E-state index contributed by atoms with van der Waals surface area (Å²) in [6, 6.07) is 0. The largest absolute Gasteiger partial charge is 0.367 e. The molecular weight excluding hydrogens is 68.0 g/mol. The van der Waals surface area contributed by atoms with Crippen LogP contribution >= 0.6 is 0 Å². The van der Waals surface area contributed by atoms with E-state index in [4.69, 9.17) is 0 Å². The Labute approximate surface area is 28.8 Å². The van der Waals surface area contributed by atoms with Crippen LogP contribution in [0.25, 0.3) is 0 Å². The average Bonchev–Trinajstić information content (AvgIpc) is 1.74. The van der Waals surface area contributed by atoms with Crippen LogP contribution in [0.1, 0.15) is 0 Å². The van der Waals surface area contributed by atoms with Gasteiger partial charge in [0.25, 0.3) is 5.88 Å². The number of nitrogens with zero attached hydrogens (tertiary/aromatic N) is 1. The van der Waals surface area contributed by atoms with E-state index >= 15 is 0 Å². The molecule has 3 nitrogen and oxygen atoms in total. The molecule has 0 amide bonds. The Hall–Kier alpha value is -0.700. The third-order valence-electron chi connectivity index (χ3n) is 0.658. The van der Waals surface area contributed by atoms with E-state index in [-0.39, 0.29) is 0 Å². The first kappa shape index (κ1) is 1.67. The second-order valence-electron chi connectivity index (χ2n) is 1.03. The van der Waals surface area contributed by atoms with Gasteiger partial charge in [0, 0.05) is 0 Å². The lowest BCUT2D eigenvalue weighted by molar-refractivity contribution is -0.0889. The van der Waals surface area contributed by atoms with E-state index in [1.54, 1.807) is 5.01 Å². The van der Waals surface area contributed by atoms with Gasteiger partial charge in [-0.1, -0.05) is 5.59 Å². The van der Waals surface area contributed by atoms with E-state index in [1.165, 1.54) is 0 Å². The molecule has 5 heavy (non-hydrogen) atoms. The Morgan fingerprint density at radius 1 is 2.00 bits per heavy atom. The van der Waals surface area contributed by atoms with E-state index in [0.29, 0.717) is 0 Å². The average molecular weight is 70.1 g/mol. The molecule has 0 atom stereocenters. The highest BCUT2D eigenvalue weighted by Crippen LogP contribution is 2.25. The Morgan fingerprint density at radius 3 is 2.80 bits per heavy atom. The molecule has 2 aliphatic heterocycles. The van der Waals surface area contributed by atoms with Crippen molar-refractivity contribution in [1.29, 1.82) is 0 Å². The van der Waals surface area contributed by atoms with Crippen LogP contribution in [0.3, 0.4) is 0 Å². The Bertz CT molecular complexity index is 97.8. The predicted molar refractivity (Wildman–Crippen MR) is 14.1 cm³/mol. The van der Waals surface area contributed by atoms with Crippen molar-refractivity contribution < 1.29 is 4.84 Å². The van der Waals surface area contributed by atoms with Crippen LogP contribution in [0.15, 0.2) is 12.1 Å². The fraction of sp³-hybridized carbons (Fsp3) is 0. The van der Waals surface area contributed by atoms with E-state index < -0.39 is 0 Å². The van der Waals surface area contributed by atoms with Crippen molar-refractivity contribution in [3.63, 3.8) is 0 Å². The molecule has 0 bridgehead atoms. The molecule has 0 aromatic heterocycles. The molecule has 0 radical (unpaired) electrons. The van der Waals surface area contributed by atoms with Crippen molar-refractivity contribution in [2.75, 3.05) is 0 Å². The summed E-state index contributed by atoms with van der Waals surface area (Å²) < 4.78 is 0. The van der Waals surface area contributed by atoms with Gasteiger partial charge in [-0.15, -0.1) is 0 Å². The fourth-order valence-electron chi connectivity index (χ4n) is 0.285. The summed E-state index contributed by atoms with van der Waals surface area (Å²) in [6.45, 7) is 0. The molecule has 0 spiro atoms. The summed E-state index contributed by atoms with van der Waals surface area (Å²) in [5.41, 5.74) is 2.52. The van der Waals surface area contributed by atoms with Gasteiger partial charge in [0.1, 0.15) is 0 Å². The van der Waals surface area contributed by atoms with Gasteiger partial charge in [-0.05, 0) is 0 Å². The second-order valence-corrected chi connectivity index (χ2v) is 1.03. The van der Waals surface area contributed by atoms with Crippen molar-refractivity contribution in [3.05, 3.63) is 12.1 Å². The van der Waals surface area contributed by atoms with E-state index in [0.717, 1.165) is 5.88 Å². The Kier molecular flexibility index (Phi) is 0.0845. The standard InChI is InChI=1S/C2H2N2O/c1-2-4(1)3-5-2/h1,3H. The lowest BCUT2D eigenvalue weighted by Crippen LogP contribution is -2.31. The molecule has 0 aromatic carbocycles. The number of fused-ring (bicyclic) bond motifs is 1. The van der Waals surface area contributed by atoms with Gasteiger partial charge in [-0.25, -0.2) is 5.01 Å². The number of hydrazine groups is 1. The summed E-state index contributed by atoms with van der Waals surface area (Å²) in [5, 5.41) is 1.79. The van der Waals surface area contributed by atoms with Crippen LogP contribution < -0.4 is 5.59 Å². The van der Waals surface area contributed by atoms with Crippen molar-refractivity contribution >= 4 is 0 Å². The van der Waals surface area contributed by atoms with Crippen molar-refractivity contribution in [2.45, 2.75) is 0 Å². The first-order chi connectivity index (χ1) is 2.47. The SMILES string of the molecule is C1=C2ONN12. The van der Waals surface area contributed by atoms with Gasteiger partial charge in [-0.3, -0.25) is 0 Å². The first-order valence-corrected chi connectivity index (χ1v) is 1.40. The highest BCUT2D eigenvalue weighted by Gasteiger charge is 2.33. The van der Waals surface area contributed by atoms with Crippen LogP contribution in [0.2, 0.25) is 0 Å². The zero-order chi connectivity index (χ0) is 3.28. The molecule has 2 aliphatic rings. The van der Waals surface area contributed by atoms with Crippen LogP contribution in [0.4, 0.5) is 0 Å². The normalized spacial score (nSPS) is 25.6. The maximum Gasteiger partial charge on any atom is 0.256 e. The van der Waals surface area contributed by atoms with Crippen LogP contribution in [-0.2, 0) is 4.84 Å². The van der Waals surface area contributed by atoms with E-state index in [9.17, 15) is 0 Å². The van der Waals surface area contributed by atoms with E-state index in [2.05, 4.69) is 10.4 Å². The maximum absolute atomic E-state index is 4.54. The van der Waals surface area contributed by atoms with Gasteiger partial charge >= 0.3 is 0 Å². The molecule has 1 N–H and O–H groups in total. The number of rotatable bonds is 0. The third-order valence-corrected chi connectivity index (χ3v) is 0.658. The van der Waals surface area contributed by atoms with Crippen LogP contribution in [0.5, 0.6) is 0 Å². The molecular formula is C2H2N2O. The summed E-state index contributed by atoms with van der Waals surface area (Å²) in [4.78, 5) is 4.54. The van der Waals surface area contributed by atoms with Crippen LogP contribution in [-0.4, -0.2) is 5.01 Å². The fourth-order valence-corrected chi connectivity index (χ4v) is 0.285. The van der Waals surface area contributed by atoms with Crippen molar-refractivity contribution in [2.24, 2.45) is 0 Å². The molecule has 0 aliphatic carbocycles. The smallest absolute Gasteiger partial charge is 0.256 e. The Balaban J connectivity index is 2.36. The molecule has 1 saturated heterocycles. The molecule has 3 heteroatoms.